The summed E-state index contributed by atoms with van der Waals surface area (Å²) in [7, 11) is 0. The standard InChI is InChI=1S/C11H11ClN4O/c1-2-9(17)16-11-10(13)14-8-5-6(12)3-4-7(8)15-11/h3-5H,2H2,1H3,(H2,13,14)(H,15,16,17). The number of nitrogen functional groups attached to an aromatic ring is 1. The van der Waals surface area contributed by atoms with Crippen molar-refractivity contribution in [3.8, 4) is 0 Å². The highest BCUT2D eigenvalue weighted by molar-refractivity contribution is 6.31. The molecule has 0 saturated heterocycles. The van der Waals surface area contributed by atoms with Gasteiger partial charge in [-0.3, -0.25) is 4.79 Å². The zero-order valence-corrected chi connectivity index (χ0v) is 9.95. The van der Waals surface area contributed by atoms with Gasteiger partial charge in [0.25, 0.3) is 0 Å². The zero-order chi connectivity index (χ0) is 12.4. The third-order valence-corrected chi connectivity index (χ3v) is 2.47. The second-order valence-electron chi connectivity index (χ2n) is 3.49. The topological polar surface area (TPSA) is 80.9 Å². The summed E-state index contributed by atoms with van der Waals surface area (Å²) in [6, 6.07) is 5.11. The summed E-state index contributed by atoms with van der Waals surface area (Å²) in [5, 5.41) is 3.16. The average Bonchev–Trinajstić information content (AvgIpc) is 2.30. The minimum absolute atomic E-state index is 0.153. The van der Waals surface area contributed by atoms with Crippen molar-refractivity contribution in [3.05, 3.63) is 23.2 Å². The van der Waals surface area contributed by atoms with Crippen LogP contribution in [0.4, 0.5) is 11.6 Å². The third kappa shape index (κ3) is 2.45. The maximum Gasteiger partial charge on any atom is 0.225 e. The lowest BCUT2D eigenvalue weighted by molar-refractivity contribution is -0.115. The van der Waals surface area contributed by atoms with Gasteiger partial charge in [-0.25, -0.2) is 9.97 Å². The van der Waals surface area contributed by atoms with E-state index >= 15 is 0 Å². The number of nitrogens with two attached hydrogens (primary N) is 1. The molecule has 1 heterocycles. The van der Waals surface area contributed by atoms with Gasteiger partial charge in [0.2, 0.25) is 5.91 Å². The van der Waals surface area contributed by atoms with Crippen molar-refractivity contribution >= 4 is 40.2 Å². The Kier molecular flexibility index (Phi) is 3.10. The van der Waals surface area contributed by atoms with Gasteiger partial charge < -0.3 is 11.1 Å². The van der Waals surface area contributed by atoms with Crippen LogP contribution in [0.15, 0.2) is 18.2 Å². The van der Waals surface area contributed by atoms with Crippen molar-refractivity contribution < 1.29 is 4.79 Å². The molecule has 0 aliphatic rings. The molecule has 0 bridgehead atoms. The van der Waals surface area contributed by atoms with Gasteiger partial charge in [0.15, 0.2) is 11.6 Å². The molecule has 0 aliphatic carbocycles. The number of benzene rings is 1. The maximum atomic E-state index is 11.3. The number of hydrogen-bond acceptors (Lipinski definition) is 4. The number of rotatable bonds is 2. The van der Waals surface area contributed by atoms with Crippen LogP contribution in [0.1, 0.15) is 13.3 Å². The lowest BCUT2D eigenvalue weighted by atomic mass is 10.3. The fourth-order valence-electron chi connectivity index (χ4n) is 1.35. The van der Waals surface area contributed by atoms with Gasteiger partial charge in [0, 0.05) is 11.4 Å². The van der Waals surface area contributed by atoms with E-state index in [2.05, 4.69) is 15.3 Å². The van der Waals surface area contributed by atoms with Crippen molar-refractivity contribution in [2.24, 2.45) is 0 Å². The Bertz CT molecular complexity index is 585. The maximum absolute atomic E-state index is 11.3. The molecule has 0 radical (unpaired) electrons. The van der Waals surface area contributed by atoms with Crippen LogP contribution in [0.5, 0.6) is 0 Å². The Morgan fingerprint density at radius 3 is 2.88 bits per heavy atom. The van der Waals surface area contributed by atoms with Crippen LogP contribution >= 0.6 is 11.6 Å². The fraction of sp³-hybridized carbons (Fsp3) is 0.182. The van der Waals surface area contributed by atoms with Gasteiger partial charge in [0.1, 0.15) is 0 Å². The predicted octanol–water partition coefficient (Wildman–Crippen LogP) is 2.21. The Labute approximate surface area is 103 Å². The lowest BCUT2D eigenvalue weighted by Gasteiger charge is -2.07. The van der Waals surface area contributed by atoms with Crippen LogP contribution in [0.2, 0.25) is 5.02 Å². The van der Waals surface area contributed by atoms with Crippen LogP contribution in [-0.2, 0) is 4.79 Å². The number of halogens is 1. The highest BCUT2D eigenvalue weighted by atomic mass is 35.5. The molecule has 17 heavy (non-hydrogen) atoms. The average molecular weight is 251 g/mol. The first-order chi connectivity index (χ1) is 8.10. The molecule has 0 saturated carbocycles. The predicted molar refractivity (Wildman–Crippen MR) is 67.9 cm³/mol. The van der Waals surface area contributed by atoms with E-state index in [1.54, 1.807) is 25.1 Å². The molecule has 0 aliphatic heterocycles. The van der Waals surface area contributed by atoms with Crippen LogP contribution in [0.3, 0.4) is 0 Å². The Morgan fingerprint density at radius 1 is 1.41 bits per heavy atom. The first-order valence-electron chi connectivity index (χ1n) is 5.12. The smallest absolute Gasteiger partial charge is 0.225 e. The summed E-state index contributed by atoms with van der Waals surface area (Å²) < 4.78 is 0. The van der Waals surface area contributed by atoms with E-state index in [-0.39, 0.29) is 17.5 Å². The van der Waals surface area contributed by atoms with Crippen LogP contribution in [0, 0.1) is 0 Å². The fourth-order valence-corrected chi connectivity index (χ4v) is 1.52. The molecule has 0 spiro atoms. The normalized spacial score (nSPS) is 10.5. The van der Waals surface area contributed by atoms with Gasteiger partial charge >= 0.3 is 0 Å². The second-order valence-corrected chi connectivity index (χ2v) is 3.93. The van der Waals surface area contributed by atoms with E-state index in [0.29, 0.717) is 22.5 Å². The van der Waals surface area contributed by atoms with Crippen molar-refractivity contribution in [2.75, 3.05) is 11.1 Å². The molecule has 88 valence electrons. The molecule has 1 aromatic carbocycles. The van der Waals surface area contributed by atoms with Crippen LogP contribution in [0.25, 0.3) is 11.0 Å². The monoisotopic (exact) mass is 250 g/mol. The van der Waals surface area contributed by atoms with E-state index < -0.39 is 0 Å². The SMILES string of the molecule is CCC(=O)Nc1nc2ccc(Cl)cc2nc1N. The third-order valence-electron chi connectivity index (χ3n) is 2.23. The summed E-state index contributed by atoms with van der Waals surface area (Å²) in [5.41, 5.74) is 6.94. The minimum atomic E-state index is -0.153. The molecule has 0 fully saturated rings. The zero-order valence-electron chi connectivity index (χ0n) is 9.20. The molecule has 0 atom stereocenters. The summed E-state index contributed by atoms with van der Waals surface area (Å²) in [6.45, 7) is 1.75. The van der Waals surface area contributed by atoms with Crippen molar-refractivity contribution in [1.29, 1.82) is 0 Å². The molecule has 2 aromatic rings. The number of nitrogens with zero attached hydrogens (tertiary/aromatic N) is 2. The number of aromatic nitrogens is 2. The number of carbonyl (C=O) groups is 1. The molecule has 2 rings (SSSR count). The van der Waals surface area contributed by atoms with Crippen molar-refractivity contribution in [2.45, 2.75) is 13.3 Å². The molecular weight excluding hydrogens is 240 g/mol. The van der Waals surface area contributed by atoms with Gasteiger partial charge in [0.05, 0.1) is 11.0 Å². The lowest BCUT2D eigenvalue weighted by Crippen LogP contribution is -2.13. The first kappa shape index (κ1) is 11.6. The van der Waals surface area contributed by atoms with E-state index in [9.17, 15) is 4.79 Å². The highest BCUT2D eigenvalue weighted by Crippen LogP contribution is 2.21. The van der Waals surface area contributed by atoms with Crippen LogP contribution in [-0.4, -0.2) is 15.9 Å². The summed E-state index contributed by atoms with van der Waals surface area (Å²) in [4.78, 5) is 19.6. The summed E-state index contributed by atoms with van der Waals surface area (Å²) in [5.74, 6) is 0.313. The van der Waals surface area contributed by atoms with Crippen LogP contribution < -0.4 is 11.1 Å². The molecule has 1 amide bonds. The number of carbonyl (C=O) groups excluding carboxylic acids is 1. The summed E-state index contributed by atoms with van der Waals surface area (Å²) in [6.07, 6.45) is 0.361. The highest BCUT2D eigenvalue weighted by Gasteiger charge is 2.08. The quantitative estimate of drug-likeness (QED) is 0.856. The first-order valence-corrected chi connectivity index (χ1v) is 5.50. The van der Waals surface area contributed by atoms with Gasteiger partial charge in [-0.1, -0.05) is 18.5 Å². The molecule has 5 nitrogen and oxygen atoms in total. The molecule has 0 unspecified atom stereocenters. The molecule has 6 heteroatoms. The number of anilines is 2. The molecule has 3 N–H and O–H groups in total. The van der Waals surface area contributed by atoms with E-state index in [0.717, 1.165) is 0 Å². The van der Waals surface area contributed by atoms with E-state index in [4.69, 9.17) is 17.3 Å². The van der Waals surface area contributed by atoms with Gasteiger partial charge in [-0.15, -0.1) is 0 Å². The van der Waals surface area contributed by atoms with Crippen molar-refractivity contribution in [1.82, 2.24) is 9.97 Å². The number of fused-ring (bicyclic) bond motifs is 1. The molecular formula is C11H11ClN4O. The van der Waals surface area contributed by atoms with Crippen molar-refractivity contribution in [3.63, 3.8) is 0 Å². The molecule has 1 aromatic heterocycles. The van der Waals surface area contributed by atoms with Gasteiger partial charge in [-0.05, 0) is 18.2 Å². The Morgan fingerprint density at radius 2 is 2.18 bits per heavy atom. The second kappa shape index (κ2) is 4.55. The number of amides is 1. The van der Waals surface area contributed by atoms with E-state index in [1.807, 2.05) is 0 Å². The minimum Gasteiger partial charge on any atom is -0.381 e. The van der Waals surface area contributed by atoms with E-state index in [1.165, 1.54) is 0 Å². The largest absolute Gasteiger partial charge is 0.381 e. The number of hydrogen-bond donors (Lipinski definition) is 2. The Hall–Kier alpha value is -1.88. The summed E-state index contributed by atoms with van der Waals surface area (Å²) >= 11 is 5.84. The van der Waals surface area contributed by atoms with Gasteiger partial charge in [-0.2, -0.15) is 0 Å². The Balaban J connectivity index is 2.48. The number of nitrogens with one attached hydrogen (secondary N) is 1.